The Morgan fingerprint density at radius 2 is 1.50 bits per heavy atom. The fourth-order valence-corrected chi connectivity index (χ4v) is 2.05. The number of hydrogen-bond donors (Lipinski definition) is 2. The van der Waals surface area contributed by atoms with Crippen molar-refractivity contribution >= 4 is 10.8 Å². The number of fused-ring (bicyclic) bond motifs is 1. The molecule has 0 saturated heterocycles. The van der Waals surface area contributed by atoms with Gasteiger partial charge in [-0.15, -0.1) is 0 Å². The number of rotatable bonds is 2. The van der Waals surface area contributed by atoms with E-state index in [0.717, 1.165) is 16.3 Å². The van der Waals surface area contributed by atoms with Crippen LogP contribution in [0.4, 0.5) is 0 Å². The summed E-state index contributed by atoms with van der Waals surface area (Å²) in [6.45, 7) is 5.76. The molecule has 2 aromatic rings. The first kappa shape index (κ1) is 13.1. The van der Waals surface area contributed by atoms with Crippen LogP contribution in [-0.4, -0.2) is 16.3 Å². The summed E-state index contributed by atoms with van der Waals surface area (Å²) in [5.74, 6) is 0. The molecule has 96 valence electrons. The van der Waals surface area contributed by atoms with Gasteiger partial charge in [0.1, 0.15) is 6.10 Å². The predicted octanol–water partition coefficient (Wildman–Crippen LogP) is 3.28. The average Bonchev–Trinajstić information content (AvgIpc) is 2.35. The van der Waals surface area contributed by atoms with Crippen molar-refractivity contribution in [3.8, 4) is 0 Å². The lowest BCUT2D eigenvalue weighted by Crippen LogP contribution is -2.32. The molecule has 0 radical (unpaired) electrons. The minimum atomic E-state index is -0.852. The Hall–Kier alpha value is -1.38. The van der Waals surface area contributed by atoms with Gasteiger partial charge in [0.15, 0.2) is 0 Å². The summed E-state index contributed by atoms with van der Waals surface area (Å²) in [6, 6.07) is 13.8. The second-order valence-corrected chi connectivity index (χ2v) is 5.86. The van der Waals surface area contributed by atoms with Crippen molar-refractivity contribution in [1.82, 2.24) is 0 Å². The van der Waals surface area contributed by atoms with E-state index < -0.39 is 12.2 Å². The molecular weight excluding hydrogens is 224 g/mol. The molecule has 2 atom stereocenters. The fourth-order valence-electron chi connectivity index (χ4n) is 2.05. The Morgan fingerprint density at radius 3 is 2.11 bits per heavy atom. The molecule has 2 rings (SSSR count). The molecule has 0 fully saturated rings. The van der Waals surface area contributed by atoms with Crippen LogP contribution < -0.4 is 0 Å². The third-order valence-corrected chi connectivity index (χ3v) is 3.30. The van der Waals surface area contributed by atoms with E-state index in [1.807, 2.05) is 63.2 Å². The first-order chi connectivity index (χ1) is 8.39. The van der Waals surface area contributed by atoms with Gasteiger partial charge in [0.05, 0.1) is 6.10 Å². The number of benzene rings is 2. The highest BCUT2D eigenvalue weighted by Crippen LogP contribution is 2.31. The van der Waals surface area contributed by atoms with Crippen molar-refractivity contribution in [3.05, 3.63) is 48.0 Å². The molecule has 0 aromatic heterocycles. The van der Waals surface area contributed by atoms with Gasteiger partial charge in [-0.1, -0.05) is 57.2 Å². The summed E-state index contributed by atoms with van der Waals surface area (Å²) in [5, 5.41) is 22.6. The van der Waals surface area contributed by atoms with E-state index in [0.29, 0.717) is 0 Å². The first-order valence-corrected chi connectivity index (χ1v) is 6.24. The largest absolute Gasteiger partial charge is 0.390 e. The lowest BCUT2D eigenvalue weighted by atomic mass is 9.83. The highest BCUT2D eigenvalue weighted by molar-refractivity contribution is 5.83. The van der Waals surface area contributed by atoms with Crippen LogP contribution in [0.1, 0.15) is 32.4 Å². The Morgan fingerprint density at radius 1 is 0.889 bits per heavy atom. The van der Waals surface area contributed by atoms with Gasteiger partial charge < -0.3 is 10.2 Å². The van der Waals surface area contributed by atoms with Crippen LogP contribution in [0.5, 0.6) is 0 Å². The van der Waals surface area contributed by atoms with Crippen molar-refractivity contribution in [2.45, 2.75) is 33.0 Å². The molecule has 0 heterocycles. The van der Waals surface area contributed by atoms with Crippen molar-refractivity contribution in [2.24, 2.45) is 5.41 Å². The first-order valence-electron chi connectivity index (χ1n) is 6.24. The zero-order chi connectivity index (χ0) is 13.3. The van der Waals surface area contributed by atoms with Gasteiger partial charge in [-0.25, -0.2) is 0 Å². The van der Waals surface area contributed by atoms with Crippen LogP contribution in [0.15, 0.2) is 42.5 Å². The Kier molecular flexibility index (Phi) is 3.42. The van der Waals surface area contributed by atoms with Gasteiger partial charge in [0, 0.05) is 0 Å². The topological polar surface area (TPSA) is 40.5 Å². The molecule has 2 N–H and O–H groups in total. The van der Waals surface area contributed by atoms with Crippen molar-refractivity contribution < 1.29 is 10.2 Å². The number of hydrogen-bond acceptors (Lipinski definition) is 2. The predicted molar refractivity (Wildman–Crippen MR) is 74.4 cm³/mol. The molecule has 2 nitrogen and oxygen atoms in total. The maximum Gasteiger partial charge on any atom is 0.105 e. The summed E-state index contributed by atoms with van der Waals surface area (Å²) in [5.41, 5.74) is 0.418. The molecule has 0 spiro atoms. The smallest absolute Gasteiger partial charge is 0.105 e. The second-order valence-electron chi connectivity index (χ2n) is 5.86. The molecule has 0 bridgehead atoms. The molecule has 2 heteroatoms. The molecule has 0 amide bonds. The van der Waals surface area contributed by atoms with Crippen LogP contribution in [0.25, 0.3) is 10.8 Å². The highest BCUT2D eigenvalue weighted by atomic mass is 16.3. The van der Waals surface area contributed by atoms with E-state index in [1.54, 1.807) is 0 Å². The summed E-state index contributed by atoms with van der Waals surface area (Å²) in [4.78, 5) is 0. The highest BCUT2D eigenvalue weighted by Gasteiger charge is 2.30. The quantitative estimate of drug-likeness (QED) is 0.851. The third-order valence-electron chi connectivity index (χ3n) is 3.30. The molecule has 2 unspecified atom stereocenters. The van der Waals surface area contributed by atoms with Gasteiger partial charge in [0.2, 0.25) is 0 Å². The van der Waals surface area contributed by atoms with Gasteiger partial charge in [-0.05, 0) is 27.8 Å². The van der Waals surface area contributed by atoms with E-state index in [-0.39, 0.29) is 5.41 Å². The van der Waals surface area contributed by atoms with Gasteiger partial charge in [-0.2, -0.15) is 0 Å². The number of aliphatic hydroxyl groups excluding tert-OH is 2. The van der Waals surface area contributed by atoms with Crippen LogP contribution >= 0.6 is 0 Å². The lowest BCUT2D eigenvalue weighted by molar-refractivity contribution is -0.0457. The van der Waals surface area contributed by atoms with Gasteiger partial charge >= 0.3 is 0 Å². The van der Waals surface area contributed by atoms with Gasteiger partial charge in [0.25, 0.3) is 0 Å². The van der Waals surface area contributed by atoms with Crippen LogP contribution in [0.3, 0.4) is 0 Å². The zero-order valence-electron chi connectivity index (χ0n) is 11.1. The van der Waals surface area contributed by atoms with E-state index >= 15 is 0 Å². The van der Waals surface area contributed by atoms with E-state index in [1.165, 1.54) is 0 Å². The third kappa shape index (κ3) is 2.55. The minimum absolute atomic E-state index is 0.342. The van der Waals surface area contributed by atoms with E-state index in [2.05, 4.69) is 0 Å². The van der Waals surface area contributed by atoms with Crippen molar-refractivity contribution in [3.63, 3.8) is 0 Å². The monoisotopic (exact) mass is 244 g/mol. The molecule has 0 aliphatic carbocycles. The summed E-state index contributed by atoms with van der Waals surface area (Å²) in [7, 11) is 0. The van der Waals surface area contributed by atoms with Crippen LogP contribution in [-0.2, 0) is 0 Å². The van der Waals surface area contributed by atoms with Crippen molar-refractivity contribution in [2.75, 3.05) is 0 Å². The van der Waals surface area contributed by atoms with Crippen LogP contribution in [0, 0.1) is 5.41 Å². The summed E-state index contributed by atoms with van der Waals surface area (Å²) in [6.07, 6.45) is -1.63. The molecule has 0 aliphatic heterocycles. The van der Waals surface area contributed by atoms with Gasteiger partial charge in [-0.3, -0.25) is 0 Å². The Labute approximate surface area is 108 Å². The zero-order valence-corrected chi connectivity index (χ0v) is 11.1. The summed E-state index contributed by atoms with van der Waals surface area (Å²) >= 11 is 0. The second kappa shape index (κ2) is 4.71. The van der Waals surface area contributed by atoms with Crippen LogP contribution in [0.2, 0.25) is 0 Å². The van der Waals surface area contributed by atoms with Crippen molar-refractivity contribution in [1.29, 1.82) is 0 Å². The fraction of sp³-hybridized carbons (Fsp3) is 0.375. The van der Waals surface area contributed by atoms with E-state index in [4.69, 9.17) is 0 Å². The molecule has 18 heavy (non-hydrogen) atoms. The van der Waals surface area contributed by atoms with E-state index in [9.17, 15) is 10.2 Å². The minimum Gasteiger partial charge on any atom is -0.390 e. The molecular formula is C16H20O2. The number of aliphatic hydroxyl groups is 2. The average molecular weight is 244 g/mol. The molecule has 0 saturated carbocycles. The lowest BCUT2D eigenvalue weighted by Gasteiger charge is -2.30. The Bertz CT molecular complexity index is 540. The maximum atomic E-state index is 10.2. The SMILES string of the molecule is CC(C)(C)C(O)C(O)c1ccc2ccccc2c1. The normalized spacial score (nSPS) is 15.6. The molecule has 0 aliphatic rings. The maximum absolute atomic E-state index is 10.2. The Balaban J connectivity index is 2.36. The molecule has 2 aromatic carbocycles. The summed E-state index contributed by atoms with van der Waals surface area (Å²) < 4.78 is 0. The standard InChI is InChI=1S/C16H20O2/c1-16(2,3)15(18)14(17)13-9-8-11-6-4-5-7-12(11)10-13/h4-10,14-15,17-18H,1-3H3.